The lowest BCUT2D eigenvalue weighted by Crippen LogP contribution is -2.46. The van der Waals surface area contributed by atoms with Crippen molar-refractivity contribution in [3.63, 3.8) is 0 Å². The number of carbonyl (C=O) groups is 1. The quantitative estimate of drug-likeness (QED) is 0.705. The van der Waals surface area contributed by atoms with Gasteiger partial charge in [-0.25, -0.2) is 4.79 Å². The van der Waals surface area contributed by atoms with Crippen LogP contribution in [0.4, 0.5) is 4.79 Å². The van der Waals surface area contributed by atoms with Crippen molar-refractivity contribution in [2.45, 2.75) is 26.3 Å². The van der Waals surface area contributed by atoms with Crippen molar-refractivity contribution in [2.24, 2.45) is 5.92 Å². The van der Waals surface area contributed by atoms with E-state index >= 15 is 0 Å². The van der Waals surface area contributed by atoms with E-state index < -0.39 is 0 Å². The number of nitrogens with one attached hydrogen (secondary N) is 1. The van der Waals surface area contributed by atoms with Crippen LogP contribution in [0.25, 0.3) is 0 Å². The van der Waals surface area contributed by atoms with E-state index in [9.17, 15) is 4.79 Å². The van der Waals surface area contributed by atoms with E-state index in [4.69, 9.17) is 0 Å². The summed E-state index contributed by atoms with van der Waals surface area (Å²) in [6, 6.07) is 0.556. The molecule has 0 saturated carbocycles. The maximum atomic E-state index is 11.8. The minimum Gasteiger partial charge on any atom is -0.331 e. The van der Waals surface area contributed by atoms with Gasteiger partial charge in [0, 0.05) is 33.2 Å². The van der Waals surface area contributed by atoms with E-state index in [2.05, 4.69) is 19.2 Å². The Labute approximate surface area is 92.6 Å². The second-order valence-electron chi connectivity index (χ2n) is 4.78. The molecule has 1 N–H and O–H groups in total. The van der Waals surface area contributed by atoms with Gasteiger partial charge in [-0.15, -0.1) is 0 Å². The molecule has 4 nitrogen and oxygen atoms in total. The lowest BCUT2D eigenvalue weighted by atomic mass is 10.0. The fourth-order valence-corrected chi connectivity index (χ4v) is 1.85. The number of carbonyl (C=O) groups excluding carboxylic acids is 1. The molecule has 1 atom stereocenters. The Morgan fingerprint density at radius 3 is 2.67 bits per heavy atom. The highest BCUT2D eigenvalue weighted by atomic mass is 16.2. The van der Waals surface area contributed by atoms with Crippen LogP contribution >= 0.6 is 0 Å². The Morgan fingerprint density at radius 2 is 2.13 bits per heavy atom. The predicted molar refractivity (Wildman–Crippen MR) is 61.9 cm³/mol. The summed E-state index contributed by atoms with van der Waals surface area (Å²) in [5.74, 6) is 0.570. The molecule has 1 saturated heterocycles. The van der Waals surface area contributed by atoms with Crippen molar-refractivity contribution in [1.82, 2.24) is 15.1 Å². The number of nitrogens with zero attached hydrogens (tertiary/aromatic N) is 2. The Kier molecular flexibility index (Phi) is 4.39. The second-order valence-corrected chi connectivity index (χ2v) is 4.78. The van der Waals surface area contributed by atoms with Gasteiger partial charge < -0.3 is 15.1 Å². The minimum absolute atomic E-state index is 0.129. The normalized spacial score (nSPS) is 22.7. The summed E-state index contributed by atoms with van der Waals surface area (Å²) in [5, 5.41) is 3.49. The van der Waals surface area contributed by atoms with Crippen LogP contribution in [0.1, 0.15) is 20.3 Å². The van der Waals surface area contributed by atoms with E-state index in [0.717, 1.165) is 26.1 Å². The van der Waals surface area contributed by atoms with Crippen molar-refractivity contribution < 1.29 is 4.79 Å². The fourth-order valence-electron chi connectivity index (χ4n) is 1.85. The van der Waals surface area contributed by atoms with E-state index in [0.29, 0.717) is 12.0 Å². The molecular formula is C11H23N3O. The molecule has 88 valence electrons. The van der Waals surface area contributed by atoms with Crippen LogP contribution in [0, 0.1) is 5.92 Å². The van der Waals surface area contributed by atoms with Crippen LogP contribution in [0.2, 0.25) is 0 Å². The summed E-state index contributed by atoms with van der Waals surface area (Å²) in [6.45, 7) is 7.10. The third-order valence-electron chi connectivity index (χ3n) is 2.89. The van der Waals surface area contributed by atoms with Crippen molar-refractivity contribution in [2.75, 3.05) is 33.7 Å². The zero-order valence-corrected chi connectivity index (χ0v) is 10.3. The molecule has 2 amide bonds. The molecule has 0 aromatic heterocycles. The summed E-state index contributed by atoms with van der Waals surface area (Å²) in [6.07, 6.45) is 1.04. The smallest absolute Gasteiger partial charge is 0.319 e. The molecule has 1 fully saturated rings. The lowest BCUT2D eigenvalue weighted by molar-refractivity contribution is 0.166. The van der Waals surface area contributed by atoms with Crippen LogP contribution in [-0.4, -0.2) is 55.6 Å². The van der Waals surface area contributed by atoms with Crippen LogP contribution in [0.15, 0.2) is 0 Å². The second kappa shape index (κ2) is 5.35. The van der Waals surface area contributed by atoms with Gasteiger partial charge in [-0.1, -0.05) is 13.8 Å². The highest BCUT2D eigenvalue weighted by Crippen LogP contribution is 2.09. The Hall–Kier alpha value is -0.770. The van der Waals surface area contributed by atoms with Crippen LogP contribution < -0.4 is 5.32 Å². The highest BCUT2D eigenvalue weighted by Gasteiger charge is 2.24. The molecule has 0 aromatic rings. The standard InChI is InChI=1S/C11H23N3O/c1-9(2)10-8-14(7-5-6-12-10)11(15)13(3)4/h9-10,12H,5-8H2,1-4H3. The number of hydrogen-bond donors (Lipinski definition) is 1. The molecule has 0 spiro atoms. The van der Waals surface area contributed by atoms with Crippen molar-refractivity contribution >= 4 is 6.03 Å². The topological polar surface area (TPSA) is 35.6 Å². The highest BCUT2D eigenvalue weighted by molar-refractivity contribution is 5.73. The van der Waals surface area contributed by atoms with E-state index in [1.165, 1.54) is 0 Å². The fraction of sp³-hybridized carbons (Fsp3) is 0.909. The first kappa shape index (κ1) is 12.3. The van der Waals surface area contributed by atoms with Crippen molar-refractivity contribution in [1.29, 1.82) is 0 Å². The Balaban J connectivity index is 2.60. The number of urea groups is 1. The van der Waals surface area contributed by atoms with Crippen molar-refractivity contribution in [3.05, 3.63) is 0 Å². The SMILES string of the molecule is CC(C)C1CN(C(=O)N(C)C)CCCN1. The monoisotopic (exact) mass is 213 g/mol. The summed E-state index contributed by atoms with van der Waals surface area (Å²) in [7, 11) is 3.62. The zero-order valence-electron chi connectivity index (χ0n) is 10.3. The van der Waals surface area contributed by atoms with Gasteiger partial charge >= 0.3 is 6.03 Å². The maximum absolute atomic E-state index is 11.8. The molecule has 1 heterocycles. The lowest BCUT2D eigenvalue weighted by Gasteiger charge is -2.29. The summed E-state index contributed by atoms with van der Waals surface area (Å²) in [5.41, 5.74) is 0. The Bertz CT molecular complexity index is 216. The number of amides is 2. The summed E-state index contributed by atoms with van der Waals surface area (Å²) >= 11 is 0. The van der Waals surface area contributed by atoms with Crippen LogP contribution in [0.5, 0.6) is 0 Å². The van der Waals surface area contributed by atoms with Gasteiger partial charge in [-0.05, 0) is 18.9 Å². The summed E-state index contributed by atoms with van der Waals surface area (Å²) in [4.78, 5) is 15.4. The molecule has 15 heavy (non-hydrogen) atoms. The molecule has 1 rings (SSSR count). The summed E-state index contributed by atoms with van der Waals surface area (Å²) < 4.78 is 0. The maximum Gasteiger partial charge on any atom is 0.319 e. The van der Waals surface area contributed by atoms with Gasteiger partial charge in [0.1, 0.15) is 0 Å². The molecule has 4 heteroatoms. The molecule has 0 aliphatic carbocycles. The number of rotatable bonds is 1. The molecule has 0 bridgehead atoms. The third-order valence-corrected chi connectivity index (χ3v) is 2.89. The van der Waals surface area contributed by atoms with Gasteiger partial charge in [-0.3, -0.25) is 0 Å². The molecule has 0 aromatic carbocycles. The van der Waals surface area contributed by atoms with E-state index in [-0.39, 0.29) is 6.03 Å². The molecule has 1 unspecified atom stereocenters. The van der Waals surface area contributed by atoms with Gasteiger partial charge in [0.25, 0.3) is 0 Å². The average Bonchev–Trinajstić information content (AvgIpc) is 2.41. The Morgan fingerprint density at radius 1 is 1.47 bits per heavy atom. The molecule has 1 aliphatic heterocycles. The van der Waals surface area contributed by atoms with Crippen molar-refractivity contribution in [3.8, 4) is 0 Å². The number of hydrogen-bond acceptors (Lipinski definition) is 2. The van der Waals surface area contributed by atoms with Gasteiger partial charge in [0.15, 0.2) is 0 Å². The molecular weight excluding hydrogens is 190 g/mol. The first-order valence-corrected chi connectivity index (χ1v) is 5.72. The molecule has 1 aliphatic rings. The van der Waals surface area contributed by atoms with Gasteiger partial charge in [0.2, 0.25) is 0 Å². The van der Waals surface area contributed by atoms with Crippen LogP contribution in [0.3, 0.4) is 0 Å². The minimum atomic E-state index is 0.129. The molecule has 0 radical (unpaired) electrons. The van der Waals surface area contributed by atoms with Gasteiger partial charge in [0.05, 0.1) is 0 Å². The van der Waals surface area contributed by atoms with E-state index in [1.807, 2.05) is 19.0 Å². The predicted octanol–water partition coefficient (Wildman–Crippen LogP) is 0.988. The first-order chi connectivity index (χ1) is 7.02. The first-order valence-electron chi connectivity index (χ1n) is 5.72. The van der Waals surface area contributed by atoms with Gasteiger partial charge in [-0.2, -0.15) is 0 Å². The third kappa shape index (κ3) is 3.38. The van der Waals surface area contributed by atoms with Crippen LogP contribution in [-0.2, 0) is 0 Å². The van der Waals surface area contributed by atoms with E-state index in [1.54, 1.807) is 4.90 Å². The average molecular weight is 213 g/mol. The largest absolute Gasteiger partial charge is 0.331 e. The zero-order chi connectivity index (χ0) is 11.4.